The minimum absolute atomic E-state index is 0.114. The van der Waals surface area contributed by atoms with E-state index in [1.165, 1.54) is 27.8 Å². The van der Waals surface area contributed by atoms with E-state index in [0.29, 0.717) is 0 Å². The number of allylic oxidation sites excluding steroid dienone is 18. The maximum atomic E-state index is 4.57. The summed E-state index contributed by atoms with van der Waals surface area (Å²) >= 11 is 0. The van der Waals surface area contributed by atoms with Crippen molar-refractivity contribution in [3.8, 4) is 0 Å². The minimum atomic E-state index is -0.411. The van der Waals surface area contributed by atoms with Crippen LogP contribution in [0.25, 0.3) is 5.57 Å². The third-order valence-electron chi connectivity index (χ3n) is 6.59. The molecule has 2 atom stereocenters. The molecule has 0 spiro atoms. The van der Waals surface area contributed by atoms with Crippen LogP contribution in [0.3, 0.4) is 0 Å². The second kappa shape index (κ2) is 14.1. The predicted octanol–water partition coefficient (Wildman–Crippen LogP) is 10.2. The first-order valence-electron chi connectivity index (χ1n) is 12.7. The molecule has 0 nitrogen and oxygen atoms in total. The summed E-state index contributed by atoms with van der Waals surface area (Å²) in [4.78, 5) is 0. The molecule has 1 aliphatic rings. The van der Waals surface area contributed by atoms with E-state index in [9.17, 15) is 0 Å². The summed E-state index contributed by atoms with van der Waals surface area (Å²) < 4.78 is 0. The third kappa shape index (κ3) is 6.61. The van der Waals surface area contributed by atoms with Crippen LogP contribution < -0.4 is 0 Å². The first kappa shape index (κ1) is 27.9. The molecule has 0 fully saturated rings. The van der Waals surface area contributed by atoms with Crippen molar-refractivity contribution in [2.75, 3.05) is 0 Å². The normalized spacial score (nSPS) is 18.8. The van der Waals surface area contributed by atoms with E-state index in [1.54, 1.807) is 0 Å². The molecule has 0 saturated heterocycles. The zero-order valence-corrected chi connectivity index (χ0v) is 22.3. The Balaban J connectivity index is 2.79. The van der Waals surface area contributed by atoms with E-state index >= 15 is 0 Å². The molecule has 1 aliphatic carbocycles. The Morgan fingerprint density at radius 2 is 1.74 bits per heavy atom. The Hall–Kier alpha value is -3.38. The van der Waals surface area contributed by atoms with Crippen LogP contribution in [0.4, 0.5) is 0 Å². The number of benzene rings is 1. The average Bonchev–Trinajstić information content (AvgIpc) is 3.12. The molecule has 35 heavy (non-hydrogen) atoms. The lowest BCUT2D eigenvalue weighted by Crippen LogP contribution is -2.36. The second-order valence-corrected chi connectivity index (χ2v) is 8.84. The van der Waals surface area contributed by atoms with Crippen LogP contribution >= 0.6 is 0 Å². The lowest BCUT2D eigenvalue weighted by Gasteiger charge is -2.42. The van der Waals surface area contributed by atoms with Crippen LogP contribution in [0.2, 0.25) is 0 Å². The van der Waals surface area contributed by atoms with Crippen LogP contribution in [0.15, 0.2) is 139 Å². The first-order valence-corrected chi connectivity index (χ1v) is 12.7. The van der Waals surface area contributed by atoms with Crippen molar-refractivity contribution in [2.24, 2.45) is 5.92 Å². The molecular weight excluding hydrogens is 420 g/mol. The van der Waals surface area contributed by atoms with Crippen LogP contribution in [0.1, 0.15) is 58.6 Å². The van der Waals surface area contributed by atoms with Crippen LogP contribution in [0, 0.1) is 5.92 Å². The molecule has 0 aromatic heterocycles. The Kier molecular flexibility index (Phi) is 11.2. The third-order valence-corrected chi connectivity index (χ3v) is 6.59. The van der Waals surface area contributed by atoms with Gasteiger partial charge in [-0.1, -0.05) is 135 Å². The highest BCUT2D eigenvalue weighted by atomic mass is 14.4. The largest absolute Gasteiger partial charge is 0.0991 e. The summed E-state index contributed by atoms with van der Waals surface area (Å²) in [5, 5.41) is 0. The minimum Gasteiger partial charge on any atom is -0.0991 e. The van der Waals surface area contributed by atoms with Crippen molar-refractivity contribution < 1.29 is 0 Å². The van der Waals surface area contributed by atoms with E-state index in [4.69, 9.17) is 0 Å². The van der Waals surface area contributed by atoms with Gasteiger partial charge in [0.1, 0.15) is 0 Å². The molecule has 0 radical (unpaired) electrons. The van der Waals surface area contributed by atoms with Gasteiger partial charge in [-0.25, -0.2) is 0 Å². The molecule has 0 heterocycles. The number of hydrogen-bond acceptors (Lipinski definition) is 0. The smallest absolute Gasteiger partial charge is 0.0499 e. The summed E-state index contributed by atoms with van der Waals surface area (Å²) in [7, 11) is 0. The van der Waals surface area contributed by atoms with E-state index in [0.717, 1.165) is 18.4 Å². The number of rotatable bonds is 11. The van der Waals surface area contributed by atoms with Crippen molar-refractivity contribution in [1.29, 1.82) is 0 Å². The van der Waals surface area contributed by atoms with Gasteiger partial charge in [0.25, 0.3) is 0 Å². The van der Waals surface area contributed by atoms with E-state index < -0.39 is 5.41 Å². The molecule has 182 valence electrons. The lowest BCUT2D eigenvalue weighted by molar-refractivity contribution is 0.510. The topological polar surface area (TPSA) is 0 Å². The Morgan fingerprint density at radius 3 is 2.31 bits per heavy atom. The average molecular weight is 463 g/mol. The fourth-order valence-corrected chi connectivity index (χ4v) is 4.85. The fourth-order valence-electron chi connectivity index (χ4n) is 4.85. The second-order valence-electron chi connectivity index (χ2n) is 8.84. The van der Waals surface area contributed by atoms with Crippen LogP contribution in [-0.2, 0) is 5.41 Å². The Bertz CT molecular complexity index is 1100. The monoisotopic (exact) mass is 462 g/mol. The van der Waals surface area contributed by atoms with Gasteiger partial charge >= 0.3 is 0 Å². The summed E-state index contributed by atoms with van der Waals surface area (Å²) in [5.41, 5.74) is 6.93. The molecule has 0 N–H and O–H groups in total. The molecule has 2 unspecified atom stereocenters. The summed E-state index contributed by atoms with van der Waals surface area (Å²) in [5.74, 6) is 0.114. The SMILES string of the molecule is C=C/C=C\C(=C/C)C(C(=C)C)(c1ccc(C(/C=C\CC)=C/C)cc1)C1C=CC=CC(C/C=C\C)=C1. The quantitative estimate of drug-likeness (QED) is 0.227. The Labute approximate surface area is 214 Å². The molecule has 1 aromatic carbocycles. The van der Waals surface area contributed by atoms with Crippen molar-refractivity contribution >= 4 is 5.57 Å². The van der Waals surface area contributed by atoms with Gasteiger partial charge in [-0.15, -0.1) is 0 Å². The highest BCUT2D eigenvalue weighted by Crippen LogP contribution is 2.48. The van der Waals surface area contributed by atoms with Crippen molar-refractivity contribution in [2.45, 2.75) is 52.9 Å². The Morgan fingerprint density at radius 1 is 1.00 bits per heavy atom. The maximum Gasteiger partial charge on any atom is 0.0499 e. The molecule has 2 rings (SSSR count). The van der Waals surface area contributed by atoms with E-state index in [1.807, 2.05) is 12.2 Å². The fraction of sp³-hybridized carbons (Fsp3) is 0.257. The maximum absolute atomic E-state index is 4.57. The molecule has 0 aliphatic heterocycles. The number of hydrogen-bond donors (Lipinski definition) is 0. The molecule has 0 heteroatoms. The van der Waals surface area contributed by atoms with Crippen molar-refractivity contribution in [1.82, 2.24) is 0 Å². The van der Waals surface area contributed by atoms with Gasteiger partial charge < -0.3 is 0 Å². The highest BCUT2D eigenvalue weighted by molar-refractivity contribution is 5.74. The lowest BCUT2D eigenvalue weighted by atomic mass is 9.61. The summed E-state index contributed by atoms with van der Waals surface area (Å²) in [6.45, 7) is 19.1. The van der Waals surface area contributed by atoms with Gasteiger partial charge in [-0.2, -0.15) is 0 Å². The van der Waals surface area contributed by atoms with Crippen molar-refractivity contribution in [3.63, 3.8) is 0 Å². The van der Waals surface area contributed by atoms with Gasteiger partial charge in [0.05, 0.1) is 0 Å². The summed E-state index contributed by atoms with van der Waals surface area (Å²) in [6.07, 6.45) is 32.4. The summed E-state index contributed by atoms with van der Waals surface area (Å²) in [6, 6.07) is 9.06. The molecular formula is C35H42. The van der Waals surface area contributed by atoms with E-state index in [2.05, 4.69) is 145 Å². The molecule has 1 aromatic rings. The van der Waals surface area contributed by atoms with Crippen LogP contribution in [-0.4, -0.2) is 0 Å². The van der Waals surface area contributed by atoms with Crippen LogP contribution in [0.5, 0.6) is 0 Å². The zero-order valence-electron chi connectivity index (χ0n) is 22.3. The zero-order chi connectivity index (χ0) is 25.7. The van der Waals surface area contributed by atoms with Crippen molar-refractivity contribution in [3.05, 3.63) is 150 Å². The van der Waals surface area contributed by atoms with Gasteiger partial charge in [-0.3, -0.25) is 0 Å². The molecule has 0 bridgehead atoms. The first-order chi connectivity index (χ1) is 17.0. The predicted molar refractivity (Wildman–Crippen MR) is 158 cm³/mol. The molecule has 0 saturated carbocycles. The van der Waals surface area contributed by atoms with E-state index in [-0.39, 0.29) is 5.92 Å². The standard InChI is InChI=1S/C35H42/c1-8-13-18-29-19-16-17-22-34(27-29)35(28(6)7,32(12-5)21-15-10-3)33-25-23-31(24-26-33)30(11-4)20-14-9-2/h8,10-17,19-27,34H,3,6,9,18H2,1-2,4-5,7H3/b13-8-,20-14-,21-15-,30-11+,32-12+. The molecule has 0 amide bonds. The van der Waals surface area contributed by atoms with Gasteiger partial charge in [0, 0.05) is 11.3 Å². The van der Waals surface area contributed by atoms with Gasteiger partial charge in [0.2, 0.25) is 0 Å². The van der Waals surface area contributed by atoms with Gasteiger partial charge in [-0.05, 0) is 68.4 Å². The highest BCUT2D eigenvalue weighted by Gasteiger charge is 2.41. The van der Waals surface area contributed by atoms with Gasteiger partial charge in [0.15, 0.2) is 0 Å².